The zero-order chi connectivity index (χ0) is 22.5. The first-order chi connectivity index (χ1) is 14.8. The van der Waals surface area contributed by atoms with Gasteiger partial charge in [0.2, 0.25) is 5.69 Å². The standard InChI is InChI=1S/C24H29N6O/c1-15(2)11-18-7-10-20(16(3)12-18)21-14-28-23(25)22(29-21)24(26)30(31)19-8-5-17(6-9-19)13-27-4/h5-10,12,14-15,26-27H,11,13H2,1-4H3,(H2,25,28)/q+1. The van der Waals surface area contributed by atoms with Gasteiger partial charge in [0, 0.05) is 16.9 Å². The van der Waals surface area contributed by atoms with Gasteiger partial charge in [-0.05, 0) is 55.1 Å². The van der Waals surface area contributed by atoms with Crippen molar-refractivity contribution in [1.82, 2.24) is 15.3 Å². The summed E-state index contributed by atoms with van der Waals surface area (Å²) in [4.78, 5) is 21.5. The quantitative estimate of drug-likeness (QED) is 0.300. The van der Waals surface area contributed by atoms with E-state index in [9.17, 15) is 4.91 Å². The lowest BCUT2D eigenvalue weighted by atomic mass is 9.97. The molecule has 0 atom stereocenters. The molecule has 0 fully saturated rings. The normalized spacial score (nSPS) is 11.0. The monoisotopic (exact) mass is 417 g/mol. The van der Waals surface area contributed by atoms with Gasteiger partial charge in [0.25, 0.3) is 0 Å². The van der Waals surface area contributed by atoms with Crippen LogP contribution in [-0.2, 0) is 13.0 Å². The molecule has 0 aliphatic carbocycles. The molecular formula is C24H29N6O+. The highest BCUT2D eigenvalue weighted by Crippen LogP contribution is 2.25. The second-order valence-corrected chi connectivity index (χ2v) is 8.08. The van der Waals surface area contributed by atoms with Crippen LogP contribution in [0.2, 0.25) is 0 Å². The van der Waals surface area contributed by atoms with Gasteiger partial charge in [-0.1, -0.05) is 54.5 Å². The van der Waals surface area contributed by atoms with Crippen LogP contribution in [0.1, 0.15) is 36.2 Å². The molecule has 0 saturated heterocycles. The lowest BCUT2D eigenvalue weighted by Gasteiger charge is -2.11. The number of hydrogen-bond donors (Lipinski definition) is 3. The SMILES string of the molecule is CNCc1ccc([N+](=O)C(=N)c2nc(-c3ccc(CC(C)C)cc3C)cnc2N)cc1. The molecule has 0 unspecified atom stereocenters. The third-order valence-corrected chi connectivity index (χ3v) is 4.99. The molecule has 31 heavy (non-hydrogen) atoms. The number of nitroso groups, excluding NO2 is 1. The molecule has 7 heteroatoms. The van der Waals surface area contributed by atoms with Gasteiger partial charge in [0.1, 0.15) is 0 Å². The predicted molar refractivity (Wildman–Crippen MR) is 124 cm³/mol. The summed E-state index contributed by atoms with van der Waals surface area (Å²) in [6, 6.07) is 13.3. The van der Waals surface area contributed by atoms with Gasteiger partial charge in [0.15, 0.2) is 11.5 Å². The topological polar surface area (TPSA) is 108 Å². The van der Waals surface area contributed by atoms with Crippen molar-refractivity contribution in [2.24, 2.45) is 5.92 Å². The van der Waals surface area contributed by atoms with E-state index in [2.05, 4.69) is 41.3 Å². The summed E-state index contributed by atoms with van der Waals surface area (Å²) in [5, 5.41) is 11.5. The number of aromatic nitrogens is 2. The van der Waals surface area contributed by atoms with Gasteiger partial charge in [-0.15, -0.1) is 0 Å². The summed E-state index contributed by atoms with van der Waals surface area (Å²) in [6.45, 7) is 7.10. The molecule has 0 radical (unpaired) electrons. The largest absolute Gasteiger partial charge is 0.388 e. The first-order valence-corrected chi connectivity index (χ1v) is 10.3. The fraction of sp³-hybridized carbons (Fsp3) is 0.292. The van der Waals surface area contributed by atoms with Crippen LogP contribution in [0, 0.1) is 23.2 Å². The van der Waals surface area contributed by atoms with Crippen LogP contribution in [-0.4, -0.2) is 27.6 Å². The van der Waals surface area contributed by atoms with E-state index >= 15 is 0 Å². The molecule has 7 nitrogen and oxygen atoms in total. The number of anilines is 1. The van der Waals surface area contributed by atoms with E-state index in [0.717, 1.165) is 23.1 Å². The molecule has 0 spiro atoms. The van der Waals surface area contributed by atoms with Gasteiger partial charge in [-0.2, -0.15) is 0 Å². The maximum Gasteiger partial charge on any atom is 0.388 e. The predicted octanol–water partition coefficient (Wildman–Crippen LogP) is 4.39. The highest BCUT2D eigenvalue weighted by Gasteiger charge is 2.26. The molecule has 1 aromatic heterocycles. The number of nitrogen functional groups attached to an aromatic ring is 1. The van der Waals surface area contributed by atoms with E-state index in [1.54, 1.807) is 18.3 Å². The molecule has 4 N–H and O–H groups in total. The lowest BCUT2D eigenvalue weighted by Crippen LogP contribution is -2.18. The Morgan fingerprint density at radius 1 is 1.16 bits per heavy atom. The Morgan fingerprint density at radius 3 is 2.45 bits per heavy atom. The highest BCUT2D eigenvalue weighted by molar-refractivity contribution is 5.94. The number of aryl methyl sites for hydroxylation is 1. The van der Waals surface area contributed by atoms with Crippen molar-refractivity contribution in [2.45, 2.75) is 33.7 Å². The maximum absolute atomic E-state index is 12.8. The first-order valence-electron chi connectivity index (χ1n) is 10.3. The van der Waals surface area contributed by atoms with Crippen molar-refractivity contribution in [3.8, 4) is 11.3 Å². The van der Waals surface area contributed by atoms with E-state index in [1.807, 2.05) is 32.2 Å². The van der Waals surface area contributed by atoms with E-state index in [-0.39, 0.29) is 17.3 Å². The summed E-state index contributed by atoms with van der Waals surface area (Å²) in [6.07, 6.45) is 2.58. The lowest BCUT2D eigenvalue weighted by molar-refractivity contribution is -0.331. The van der Waals surface area contributed by atoms with E-state index in [4.69, 9.17) is 11.1 Å². The fourth-order valence-electron chi connectivity index (χ4n) is 3.49. The van der Waals surface area contributed by atoms with Gasteiger partial charge < -0.3 is 11.1 Å². The van der Waals surface area contributed by atoms with Crippen LogP contribution in [0.5, 0.6) is 0 Å². The Balaban J connectivity index is 1.90. The third-order valence-electron chi connectivity index (χ3n) is 4.99. The van der Waals surface area contributed by atoms with Gasteiger partial charge in [0.05, 0.1) is 11.9 Å². The summed E-state index contributed by atoms with van der Waals surface area (Å²) in [5.74, 6) is 0.279. The number of nitrogens with two attached hydrogens (primary N) is 1. The molecular weight excluding hydrogens is 388 g/mol. The van der Waals surface area contributed by atoms with Crippen molar-refractivity contribution >= 4 is 17.3 Å². The minimum Gasteiger partial charge on any atom is -0.382 e. The minimum atomic E-state index is -0.345. The molecule has 0 saturated carbocycles. The molecule has 0 bridgehead atoms. The van der Waals surface area contributed by atoms with Gasteiger partial charge in [-0.3, -0.25) is 0 Å². The first kappa shape index (κ1) is 22.2. The molecule has 0 aliphatic heterocycles. The highest BCUT2D eigenvalue weighted by atomic mass is 16.3. The van der Waals surface area contributed by atoms with Crippen molar-refractivity contribution in [1.29, 1.82) is 5.41 Å². The van der Waals surface area contributed by atoms with Crippen LogP contribution in [0.15, 0.2) is 48.7 Å². The summed E-state index contributed by atoms with van der Waals surface area (Å²) in [7, 11) is 1.86. The average Bonchev–Trinajstić information content (AvgIpc) is 2.74. The summed E-state index contributed by atoms with van der Waals surface area (Å²) >= 11 is 0. The van der Waals surface area contributed by atoms with Crippen molar-refractivity contribution < 1.29 is 4.76 Å². The van der Waals surface area contributed by atoms with Crippen LogP contribution in [0.25, 0.3) is 11.3 Å². The number of nitrogens with zero attached hydrogens (tertiary/aromatic N) is 3. The van der Waals surface area contributed by atoms with E-state index < -0.39 is 0 Å². The number of rotatable bonds is 7. The number of amidine groups is 1. The molecule has 1 heterocycles. The summed E-state index contributed by atoms with van der Waals surface area (Å²) in [5.41, 5.74) is 11.2. The van der Waals surface area contributed by atoms with Crippen LogP contribution < -0.4 is 11.1 Å². The average molecular weight is 418 g/mol. The number of benzene rings is 2. The second kappa shape index (κ2) is 9.57. The molecule has 160 valence electrons. The molecule has 0 amide bonds. The van der Waals surface area contributed by atoms with Crippen molar-refractivity contribution in [2.75, 3.05) is 12.8 Å². The maximum atomic E-state index is 12.8. The summed E-state index contributed by atoms with van der Waals surface area (Å²) < 4.78 is 0.520. The fourth-order valence-corrected chi connectivity index (χ4v) is 3.49. The zero-order valence-corrected chi connectivity index (χ0v) is 18.4. The smallest absolute Gasteiger partial charge is 0.382 e. The third kappa shape index (κ3) is 5.19. The Kier molecular flexibility index (Phi) is 6.87. The van der Waals surface area contributed by atoms with E-state index in [0.29, 0.717) is 28.6 Å². The van der Waals surface area contributed by atoms with Gasteiger partial charge >= 0.3 is 5.84 Å². The Hall–Kier alpha value is -3.45. The minimum absolute atomic E-state index is 0.0514. The Labute approximate surface area is 182 Å². The van der Waals surface area contributed by atoms with Crippen LogP contribution in [0.3, 0.4) is 0 Å². The molecule has 0 aliphatic rings. The van der Waals surface area contributed by atoms with Crippen molar-refractivity contribution in [3.63, 3.8) is 0 Å². The van der Waals surface area contributed by atoms with E-state index in [1.165, 1.54) is 5.56 Å². The zero-order valence-electron chi connectivity index (χ0n) is 18.4. The second-order valence-electron chi connectivity index (χ2n) is 8.08. The van der Waals surface area contributed by atoms with Crippen LogP contribution in [0.4, 0.5) is 11.5 Å². The van der Waals surface area contributed by atoms with Crippen LogP contribution >= 0.6 is 0 Å². The molecule has 3 rings (SSSR count). The Bertz CT molecular complexity index is 1110. The number of hydrogen-bond acceptors (Lipinski definition) is 6. The number of nitrogens with one attached hydrogen (secondary N) is 2. The Morgan fingerprint density at radius 2 is 1.84 bits per heavy atom. The van der Waals surface area contributed by atoms with Crippen molar-refractivity contribution in [3.05, 3.63) is 76.0 Å². The van der Waals surface area contributed by atoms with Gasteiger partial charge in [-0.25, -0.2) is 9.97 Å². The molecule has 3 aromatic rings. The molecule has 2 aromatic carbocycles.